The first-order valence-corrected chi connectivity index (χ1v) is 9.68. The Morgan fingerprint density at radius 2 is 2.18 bits per heavy atom. The van der Waals surface area contributed by atoms with Gasteiger partial charge in [0.2, 0.25) is 0 Å². The third-order valence-corrected chi connectivity index (χ3v) is 4.67. The maximum atomic E-state index is 12.1. The minimum Gasteiger partial charge on any atom is -0.484 e. The van der Waals surface area contributed by atoms with Gasteiger partial charge in [-0.1, -0.05) is 13.8 Å². The summed E-state index contributed by atoms with van der Waals surface area (Å²) >= 11 is 0. The summed E-state index contributed by atoms with van der Waals surface area (Å²) in [5.74, 6) is 0.876. The number of carbonyl (C=O) groups excluding carboxylic acids is 1. The minimum absolute atomic E-state index is 0.00521. The monoisotopic (exact) mass is 388 g/mol. The van der Waals surface area contributed by atoms with E-state index in [1.54, 1.807) is 12.1 Å². The summed E-state index contributed by atoms with van der Waals surface area (Å²) in [6.45, 7) is 10.1. The van der Waals surface area contributed by atoms with Crippen molar-refractivity contribution in [2.45, 2.75) is 26.9 Å². The number of rotatable bonds is 7. The molecule has 0 unspecified atom stereocenters. The molecular weight excluding hydrogens is 360 g/mol. The van der Waals surface area contributed by atoms with Crippen molar-refractivity contribution in [1.82, 2.24) is 10.2 Å². The number of benzene rings is 1. The largest absolute Gasteiger partial charge is 0.484 e. The zero-order chi connectivity index (χ0) is 20.1. The van der Waals surface area contributed by atoms with Crippen molar-refractivity contribution in [3.8, 4) is 5.75 Å². The number of nitrogens with one attached hydrogen (secondary N) is 1. The molecule has 28 heavy (non-hydrogen) atoms. The van der Waals surface area contributed by atoms with E-state index in [1.807, 2.05) is 13.0 Å². The summed E-state index contributed by atoms with van der Waals surface area (Å²) in [4.78, 5) is 26.0. The van der Waals surface area contributed by atoms with Crippen molar-refractivity contribution in [2.75, 3.05) is 39.4 Å². The summed E-state index contributed by atoms with van der Waals surface area (Å²) < 4.78 is 16.5. The molecule has 152 valence electrons. The van der Waals surface area contributed by atoms with E-state index in [0.717, 1.165) is 30.6 Å². The van der Waals surface area contributed by atoms with E-state index in [1.165, 1.54) is 6.07 Å². The van der Waals surface area contributed by atoms with Gasteiger partial charge >= 0.3 is 5.63 Å². The third-order valence-electron chi connectivity index (χ3n) is 4.67. The normalized spacial score (nSPS) is 17.8. The van der Waals surface area contributed by atoms with E-state index in [2.05, 4.69) is 24.1 Å². The lowest BCUT2D eigenvalue weighted by Crippen LogP contribution is -2.48. The first kappa shape index (κ1) is 20.4. The van der Waals surface area contributed by atoms with E-state index in [9.17, 15) is 9.59 Å². The molecule has 0 spiro atoms. The van der Waals surface area contributed by atoms with E-state index in [-0.39, 0.29) is 18.6 Å². The van der Waals surface area contributed by atoms with E-state index in [0.29, 0.717) is 30.4 Å². The standard InChI is InChI=1S/C21H28N2O5/c1-14(2)11-23-6-7-26-17(12-23)10-22-20(24)13-27-16-4-5-18-15(3)8-21(25)28-19(18)9-16/h4-5,8-9,14,17H,6-7,10-13H2,1-3H3,(H,22,24)/t17-/m1/s1. The molecule has 3 rings (SSSR count). The lowest BCUT2D eigenvalue weighted by Gasteiger charge is -2.33. The summed E-state index contributed by atoms with van der Waals surface area (Å²) in [6.07, 6.45) is -0.00521. The number of hydrogen-bond donors (Lipinski definition) is 1. The molecule has 1 saturated heterocycles. The molecule has 1 N–H and O–H groups in total. The van der Waals surface area contributed by atoms with Crippen LogP contribution in [0.3, 0.4) is 0 Å². The smallest absolute Gasteiger partial charge is 0.336 e. The van der Waals surface area contributed by atoms with E-state index < -0.39 is 5.63 Å². The first-order chi connectivity index (χ1) is 13.4. The maximum absolute atomic E-state index is 12.1. The Morgan fingerprint density at radius 1 is 1.36 bits per heavy atom. The van der Waals surface area contributed by atoms with Gasteiger partial charge in [-0.15, -0.1) is 0 Å². The maximum Gasteiger partial charge on any atom is 0.336 e. The molecule has 1 aromatic heterocycles. The number of morpholine rings is 1. The van der Waals surface area contributed by atoms with Crippen LogP contribution in [-0.4, -0.2) is 56.3 Å². The van der Waals surface area contributed by atoms with Crippen molar-refractivity contribution in [3.63, 3.8) is 0 Å². The summed E-state index contributed by atoms with van der Waals surface area (Å²) in [7, 11) is 0. The molecular formula is C21H28N2O5. The highest BCUT2D eigenvalue weighted by molar-refractivity contribution is 5.81. The Bertz CT molecular complexity index is 877. The SMILES string of the molecule is Cc1cc(=O)oc2cc(OCC(=O)NC[C@@H]3CN(CC(C)C)CCO3)ccc12. The first-order valence-electron chi connectivity index (χ1n) is 9.68. The highest BCUT2D eigenvalue weighted by Gasteiger charge is 2.21. The fourth-order valence-corrected chi connectivity index (χ4v) is 3.41. The van der Waals surface area contributed by atoms with Crippen LogP contribution in [0.2, 0.25) is 0 Å². The molecule has 1 fully saturated rings. The summed E-state index contributed by atoms with van der Waals surface area (Å²) in [5, 5.41) is 3.71. The van der Waals surface area contributed by atoms with Gasteiger partial charge < -0.3 is 19.2 Å². The Labute approximate surface area is 164 Å². The number of amides is 1. The number of hydrogen-bond acceptors (Lipinski definition) is 6. The van der Waals surface area contributed by atoms with Crippen LogP contribution in [0, 0.1) is 12.8 Å². The third kappa shape index (κ3) is 5.56. The molecule has 0 bridgehead atoms. The van der Waals surface area contributed by atoms with Gasteiger partial charge in [-0.3, -0.25) is 9.69 Å². The van der Waals surface area contributed by atoms with Gasteiger partial charge in [-0.2, -0.15) is 0 Å². The van der Waals surface area contributed by atoms with Gasteiger partial charge in [0.1, 0.15) is 11.3 Å². The van der Waals surface area contributed by atoms with Crippen molar-refractivity contribution in [3.05, 3.63) is 40.2 Å². The average molecular weight is 388 g/mol. The highest BCUT2D eigenvalue weighted by Crippen LogP contribution is 2.22. The number of carbonyl (C=O) groups is 1. The predicted octanol–water partition coefficient (Wildman–Crippen LogP) is 1.95. The van der Waals surface area contributed by atoms with Gasteiger partial charge in [-0.05, 0) is 30.5 Å². The van der Waals surface area contributed by atoms with Crippen molar-refractivity contribution >= 4 is 16.9 Å². The van der Waals surface area contributed by atoms with Crippen molar-refractivity contribution < 1.29 is 18.7 Å². The van der Waals surface area contributed by atoms with Crippen LogP contribution in [0.1, 0.15) is 19.4 Å². The lowest BCUT2D eigenvalue weighted by molar-refractivity contribution is -0.124. The molecule has 1 atom stereocenters. The molecule has 7 heteroatoms. The van der Waals surface area contributed by atoms with Crippen LogP contribution in [-0.2, 0) is 9.53 Å². The van der Waals surface area contributed by atoms with Gasteiger partial charge in [0, 0.05) is 43.7 Å². The topological polar surface area (TPSA) is 81.0 Å². The zero-order valence-electron chi connectivity index (χ0n) is 16.7. The summed E-state index contributed by atoms with van der Waals surface area (Å²) in [6, 6.07) is 6.66. The fourth-order valence-electron chi connectivity index (χ4n) is 3.41. The second kappa shape index (κ2) is 9.21. The second-order valence-corrected chi connectivity index (χ2v) is 7.65. The Balaban J connectivity index is 1.48. The minimum atomic E-state index is -0.404. The van der Waals surface area contributed by atoms with Crippen LogP contribution < -0.4 is 15.7 Å². The average Bonchev–Trinajstić information content (AvgIpc) is 2.64. The fraction of sp³-hybridized carbons (Fsp3) is 0.524. The van der Waals surface area contributed by atoms with Gasteiger partial charge in [0.05, 0.1) is 12.7 Å². The molecule has 1 aliphatic heterocycles. The molecule has 2 aromatic rings. The molecule has 0 saturated carbocycles. The summed E-state index contributed by atoms with van der Waals surface area (Å²) in [5.41, 5.74) is 0.886. The Morgan fingerprint density at radius 3 is 2.96 bits per heavy atom. The Hall–Kier alpha value is -2.38. The van der Waals surface area contributed by atoms with Gasteiger partial charge in [0.25, 0.3) is 5.91 Å². The predicted molar refractivity (Wildman–Crippen MR) is 107 cm³/mol. The molecule has 7 nitrogen and oxygen atoms in total. The van der Waals surface area contributed by atoms with Gasteiger partial charge in [0.15, 0.2) is 6.61 Å². The second-order valence-electron chi connectivity index (χ2n) is 7.65. The number of aryl methyl sites for hydroxylation is 1. The zero-order valence-corrected chi connectivity index (χ0v) is 16.7. The molecule has 2 heterocycles. The van der Waals surface area contributed by atoms with Crippen LogP contribution >= 0.6 is 0 Å². The molecule has 0 aliphatic carbocycles. The molecule has 1 aromatic carbocycles. The van der Waals surface area contributed by atoms with Crippen LogP contribution in [0.5, 0.6) is 5.75 Å². The van der Waals surface area contributed by atoms with Crippen molar-refractivity contribution in [1.29, 1.82) is 0 Å². The molecule has 1 amide bonds. The quantitative estimate of drug-likeness (QED) is 0.731. The lowest BCUT2D eigenvalue weighted by atomic mass is 10.1. The number of fused-ring (bicyclic) bond motifs is 1. The van der Waals surface area contributed by atoms with E-state index in [4.69, 9.17) is 13.9 Å². The van der Waals surface area contributed by atoms with E-state index >= 15 is 0 Å². The van der Waals surface area contributed by atoms with Gasteiger partial charge in [-0.25, -0.2) is 4.79 Å². The van der Waals surface area contributed by atoms with Crippen LogP contribution in [0.15, 0.2) is 33.5 Å². The number of nitrogens with zero attached hydrogens (tertiary/aromatic N) is 1. The van der Waals surface area contributed by atoms with Crippen molar-refractivity contribution in [2.24, 2.45) is 5.92 Å². The molecule has 1 aliphatic rings. The Kier molecular flexibility index (Phi) is 6.70. The highest BCUT2D eigenvalue weighted by atomic mass is 16.5. The number of ether oxygens (including phenoxy) is 2. The van der Waals surface area contributed by atoms with Crippen LogP contribution in [0.25, 0.3) is 11.0 Å². The molecule has 0 radical (unpaired) electrons. The van der Waals surface area contributed by atoms with Crippen LogP contribution in [0.4, 0.5) is 0 Å².